The third kappa shape index (κ3) is 5.22. The number of nitrogens with zero attached hydrogens (tertiary/aromatic N) is 1. The molecule has 29 heavy (non-hydrogen) atoms. The van der Waals surface area contributed by atoms with Crippen LogP contribution in [-0.2, 0) is 22.9 Å². The standard InChI is InChI=1S/C21H21ClF3NO3/c22-18-11-15(10-17(12-18)21(23,24)25)13-29-14-20(16-4-2-1-3-5-16)6-8-26(9-7-20)19(27)28/h1-5,10-12H,6-9,13-14H2,(H,27,28). The molecule has 1 saturated heterocycles. The zero-order chi connectivity index (χ0) is 21.1. The summed E-state index contributed by atoms with van der Waals surface area (Å²) in [5.41, 5.74) is 0.179. The zero-order valence-electron chi connectivity index (χ0n) is 15.6. The summed E-state index contributed by atoms with van der Waals surface area (Å²) in [5.74, 6) is 0. The molecule has 0 saturated carbocycles. The third-order valence-corrected chi connectivity index (χ3v) is 5.53. The molecule has 2 aromatic rings. The molecule has 0 bridgehead atoms. The van der Waals surface area contributed by atoms with Gasteiger partial charge >= 0.3 is 12.3 Å². The normalized spacial score (nSPS) is 16.6. The lowest BCUT2D eigenvalue weighted by atomic mass is 9.73. The molecule has 1 N–H and O–H groups in total. The van der Waals surface area contributed by atoms with Gasteiger partial charge in [0.15, 0.2) is 0 Å². The Hall–Kier alpha value is -2.25. The fourth-order valence-electron chi connectivity index (χ4n) is 3.70. The predicted octanol–water partition coefficient (Wildman–Crippen LogP) is 5.59. The molecular formula is C21H21ClF3NO3. The fourth-order valence-corrected chi connectivity index (χ4v) is 3.95. The Labute approximate surface area is 171 Å². The largest absolute Gasteiger partial charge is 0.465 e. The van der Waals surface area contributed by atoms with Crippen LogP contribution in [0.15, 0.2) is 48.5 Å². The molecular weight excluding hydrogens is 407 g/mol. The first-order chi connectivity index (χ1) is 13.7. The van der Waals surface area contributed by atoms with E-state index in [1.54, 1.807) is 0 Å². The Morgan fingerprint density at radius 1 is 1.14 bits per heavy atom. The maximum Gasteiger partial charge on any atom is 0.416 e. The molecule has 2 aromatic carbocycles. The summed E-state index contributed by atoms with van der Waals surface area (Å²) in [4.78, 5) is 12.6. The summed E-state index contributed by atoms with van der Waals surface area (Å²) in [6.45, 7) is 1.02. The second-order valence-electron chi connectivity index (χ2n) is 7.25. The predicted molar refractivity (Wildman–Crippen MR) is 103 cm³/mol. The van der Waals surface area contributed by atoms with Crippen LogP contribution >= 0.6 is 11.6 Å². The summed E-state index contributed by atoms with van der Waals surface area (Å²) in [5, 5.41) is 9.22. The molecule has 1 aliphatic rings. The SMILES string of the molecule is O=C(O)N1CCC(COCc2cc(Cl)cc(C(F)(F)F)c2)(c2ccccc2)CC1. The number of rotatable bonds is 5. The van der Waals surface area contributed by atoms with Crippen molar-refractivity contribution in [2.24, 2.45) is 0 Å². The van der Waals surface area contributed by atoms with Gasteiger partial charge in [-0.1, -0.05) is 41.9 Å². The number of hydrogen-bond donors (Lipinski definition) is 1. The van der Waals surface area contributed by atoms with Crippen molar-refractivity contribution in [2.75, 3.05) is 19.7 Å². The van der Waals surface area contributed by atoms with Crippen molar-refractivity contribution in [2.45, 2.75) is 31.0 Å². The van der Waals surface area contributed by atoms with Crippen LogP contribution in [0, 0.1) is 0 Å². The smallest absolute Gasteiger partial charge is 0.416 e. The lowest BCUT2D eigenvalue weighted by molar-refractivity contribution is -0.137. The molecule has 4 nitrogen and oxygen atoms in total. The second-order valence-corrected chi connectivity index (χ2v) is 7.69. The van der Waals surface area contributed by atoms with Crippen LogP contribution in [0.3, 0.4) is 0 Å². The van der Waals surface area contributed by atoms with Crippen LogP contribution in [0.4, 0.5) is 18.0 Å². The average molecular weight is 428 g/mol. The van der Waals surface area contributed by atoms with E-state index in [2.05, 4.69) is 0 Å². The third-order valence-electron chi connectivity index (χ3n) is 5.31. The van der Waals surface area contributed by atoms with E-state index in [9.17, 15) is 23.1 Å². The Morgan fingerprint density at radius 3 is 2.38 bits per heavy atom. The zero-order valence-corrected chi connectivity index (χ0v) is 16.3. The number of carboxylic acid groups (broad SMARTS) is 1. The molecule has 156 valence electrons. The Balaban J connectivity index is 1.74. The molecule has 1 aliphatic heterocycles. The lowest BCUT2D eigenvalue weighted by Gasteiger charge is -2.41. The molecule has 1 fully saturated rings. The highest BCUT2D eigenvalue weighted by Crippen LogP contribution is 2.37. The van der Waals surface area contributed by atoms with Gasteiger partial charge in [0.2, 0.25) is 0 Å². The Bertz CT molecular complexity index is 850. The maximum absolute atomic E-state index is 13.0. The first-order valence-corrected chi connectivity index (χ1v) is 9.55. The van der Waals surface area contributed by atoms with Crippen LogP contribution in [0.2, 0.25) is 5.02 Å². The summed E-state index contributed by atoms with van der Waals surface area (Å²) in [6.07, 6.45) is -4.28. The number of likely N-dealkylation sites (tertiary alicyclic amines) is 1. The maximum atomic E-state index is 13.0. The van der Waals surface area contributed by atoms with Gasteiger partial charge in [-0.15, -0.1) is 0 Å². The molecule has 0 radical (unpaired) electrons. The van der Waals surface area contributed by atoms with Gasteiger partial charge in [-0.05, 0) is 42.2 Å². The van der Waals surface area contributed by atoms with Crippen molar-refractivity contribution in [3.8, 4) is 0 Å². The van der Waals surface area contributed by atoms with Crippen molar-refractivity contribution in [1.82, 2.24) is 4.90 Å². The van der Waals surface area contributed by atoms with Crippen LogP contribution < -0.4 is 0 Å². The number of piperidine rings is 1. The number of hydrogen-bond acceptors (Lipinski definition) is 2. The van der Waals surface area contributed by atoms with Gasteiger partial charge in [-0.25, -0.2) is 4.79 Å². The Kier molecular flexibility index (Phi) is 6.39. The molecule has 8 heteroatoms. The monoisotopic (exact) mass is 427 g/mol. The van der Waals surface area contributed by atoms with Crippen LogP contribution in [0.25, 0.3) is 0 Å². The molecule has 0 aliphatic carbocycles. The highest BCUT2D eigenvalue weighted by molar-refractivity contribution is 6.30. The first kappa shape index (κ1) is 21.5. The minimum Gasteiger partial charge on any atom is -0.465 e. The van der Waals surface area contributed by atoms with Gasteiger partial charge in [-0.2, -0.15) is 13.2 Å². The van der Waals surface area contributed by atoms with Crippen molar-refractivity contribution < 1.29 is 27.8 Å². The molecule has 0 atom stereocenters. The molecule has 0 aromatic heterocycles. The van der Waals surface area contributed by atoms with E-state index in [0.717, 1.165) is 17.7 Å². The van der Waals surface area contributed by atoms with Crippen LogP contribution in [0.5, 0.6) is 0 Å². The van der Waals surface area contributed by atoms with E-state index in [0.29, 0.717) is 31.5 Å². The average Bonchev–Trinajstić information content (AvgIpc) is 2.68. The molecule has 0 spiro atoms. The van der Waals surface area contributed by atoms with Gasteiger partial charge in [0, 0.05) is 23.5 Å². The topological polar surface area (TPSA) is 49.8 Å². The van der Waals surface area contributed by atoms with Crippen LogP contribution in [-0.4, -0.2) is 35.8 Å². The minimum absolute atomic E-state index is 0.00552. The van der Waals surface area contributed by atoms with E-state index < -0.39 is 23.2 Å². The fraction of sp³-hybridized carbons (Fsp3) is 0.381. The number of alkyl halides is 3. The minimum atomic E-state index is -4.48. The molecule has 1 amide bonds. The summed E-state index contributed by atoms with van der Waals surface area (Å²) in [7, 11) is 0. The van der Waals surface area contributed by atoms with Crippen LogP contribution in [0.1, 0.15) is 29.5 Å². The van der Waals surface area contributed by atoms with Crippen molar-refractivity contribution in [3.63, 3.8) is 0 Å². The van der Waals surface area contributed by atoms with Gasteiger partial charge in [0.25, 0.3) is 0 Å². The van der Waals surface area contributed by atoms with Gasteiger partial charge < -0.3 is 14.7 Å². The van der Waals surface area contributed by atoms with Gasteiger partial charge in [0.1, 0.15) is 0 Å². The lowest BCUT2D eigenvalue weighted by Crippen LogP contribution is -2.46. The first-order valence-electron chi connectivity index (χ1n) is 9.17. The van der Waals surface area contributed by atoms with E-state index in [4.69, 9.17) is 16.3 Å². The Morgan fingerprint density at radius 2 is 1.79 bits per heavy atom. The van der Waals surface area contributed by atoms with E-state index in [1.807, 2.05) is 30.3 Å². The van der Waals surface area contributed by atoms with Crippen molar-refractivity contribution >= 4 is 17.7 Å². The molecule has 1 heterocycles. The number of amides is 1. The second kappa shape index (κ2) is 8.63. The molecule has 0 unspecified atom stereocenters. The van der Waals surface area contributed by atoms with Gasteiger partial charge in [0.05, 0.1) is 18.8 Å². The summed E-state index contributed by atoms with van der Waals surface area (Å²) in [6, 6.07) is 13.0. The number of benzene rings is 2. The summed E-state index contributed by atoms with van der Waals surface area (Å²) >= 11 is 5.84. The highest BCUT2D eigenvalue weighted by Gasteiger charge is 2.38. The number of carbonyl (C=O) groups is 1. The quantitative estimate of drug-likeness (QED) is 0.677. The van der Waals surface area contributed by atoms with E-state index >= 15 is 0 Å². The number of ether oxygens (including phenoxy) is 1. The summed E-state index contributed by atoms with van der Waals surface area (Å²) < 4.78 is 44.8. The number of halogens is 4. The van der Waals surface area contributed by atoms with E-state index in [1.165, 1.54) is 11.0 Å². The van der Waals surface area contributed by atoms with Gasteiger partial charge in [-0.3, -0.25) is 0 Å². The highest BCUT2D eigenvalue weighted by atomic mass is 35.5. The van der Waals surface area contributed by atoms with Crippen molar-refractivity contribution in [1.29, 1.82) is 0 Å². The molecule has 3 rings (SSSR count). The van der Waals surface area contributed by atoms with E-state index in [-0.39, 0.29) is 18.2 Å². The van der Waals surface area contributed by atoms with Crippen molar-refractivity contribution in [3.05, 3.63) is 70.2 Å².